The second-order valence-corrected chi connectivity index (χ2v) is 3.96. The third-order valence-electron chi connectivity index (χ3n) is 2.39. The fourth-order valence-electron chi connectivity index (χ4n) is 1.38. The molecule has 0 saturated carbocycles. The van der Waals surface area contributed by atoms with Crippen LogP contribution in [0.4, 0.5) is 0 Å². The zero-order valence-electron chi connectivity index (χ0n) is 8.23. The van der Waals surface area contributed by atoms with Gasteiger partial charge in [0.15, 0.2) is 6.10 Å². The molecule has 0 spiro atoms. The van der Waals surface area contributed by atoms with Crippen LogP contribution in [0.5, 0.6) is 0 Å². The largest absolute Gasteiger partial charge is 0.459 e. The summed E-state index contributed by atoms with van der Waals surface area (Å²) in [4.78, 5) is 10.9. The van der Waals surface area contributed by atoms with Crippen molar-refractivity contribution in [2.24, 2.45) is 5.41 Å². The van der Waals surface area contributed by atoms with Crippen molar-refractivity contribution in [2.75, 3.05) is 0 Å². The minimum Gasteiger partial charge on any atom is -0.459 e. The monoisotopic (exact) mass is 195 g/mol. The van der Waals surface area contributed by atoms with E-state index in [0.29, 0.717) is 6.42 Å². The lowest BCUT2D eigenvalue weighted by atomic mass is 9.84. The minimum atomic E-state index is -1.02. The molecule has 14 heavy (non-hydrogen) atoms. The summed E-state index contributed by atoms with van der Waals surface area (Å²) in [5.74, 6) is -0.576. The number of nitriles is 1. The highest BCUT2D eigenvalue weighted by molar-refractivity contribution is 5.76. The molecule has 0 bridgehead atoms. The topological polar surface area (TPSA) is 70.3 Å². The summed E-state index contributed by atoms with van der Waals surface area (Å²) >= 11 is 0. The zero-order valence-corrected chi connectivity index (χ0v) is 8.23. The summed E-state index contributed by atoms with van der Waals surface area (Å²) < 4.78 is 4.99. The maximum atomic E-state index is 10.9. The Balaban J connectivity index is 2.71. The summed E-state index contributed by atoms with van der Waals surface area (Å²) in [6.45, 7) is 3.72. The Bertz CT molecular complexity index is 301. The number of hydrogen-bond acceptors (Lipinski definition) is 4. The molecular formula is C10H13NO3. The van der Waals surface area contributed by atoms with E-state index in [-0.39, 0.29) is 6.10 Å². The van der Waals surface area contributed by atoms with Crippen molar-refractivity contribution in [1.82, 2.24) is 0 Å². The van der Waals surface area contributed by atoms with E-state index in [0.717, 1.165) is 0 Å². The van der Waals surface area contributed by atoms with Crippen molar-refractivity contribution < 1.29 is 14.6 Å². The van der Waals surface area contributed by atoms with Crippen molar-refractivity contribution in [3.05, 3.63) is 12.2 Å². The normalized spacial score (nSPS) is 27.7. The number of carbonyl (C=O) groups excluding carboxylic acids is 1. The number of aliphatic hydroxyl groups is 1. The maximum absolute atomic E-state index is 10.9. The molecule has 4 heteroatoms. The number of ether oxygens (including phenoxy) is 1. The first-order valence-electron chi connectivity index (χ1n) is 4.43. The number of rotatable bonds is 2. The number of cyclic esters (lactones) is 1. The molecule has 1 aliphatic rings. The third-order valence-corrected chi connectivity index (χ3v) is 2.39. The van der Waals surface area contributed by atoms with Gasteiger partial charge in [0, 0.05) is 17.9 Å². The van der Waals surface area contributed by atoms with Gasteiger partial charge < -0.3 is 9.84 Å². The van der Waals surface area contributed by atoms with E-state index in [1.54, 1.807) is 6.08 Å². The van der Waals surface area contributed by atoms with Crippen molar-refractivity contribution in [2.45, 2.75) is 32.5 Å². The predicted octanol–water partition coefficient (Wildman–Crippen LogP) is 0.769. The van der Waals surface area contributed by atoms with Crippen molar-refractivity contribution in [1.29, 1.82) is 5.26 Å². The zero-order chi connectivity index (χ0) is 10.8. The van der Waals surface area contributed by atoms with Crippen LogP contribution in [0.1, 0.15) is 20.3 Å². The molecule has 0 aromatic rings. The minimum absolute atomic E-state index is 0.293. The van der Waals surface area contributed by atoms with Gasteiger partial charge >= 0.3 is 5.97 Å². The molecule has 0 aromatic carbocycles. The number of nitrogens with zero attached hydrogens (tertiary/aromatic N) is 1. The van der Waals surface area contributed by atoms with Gasteiger partial charge in [0.1, 0.15) is 6.10 Å². The highest BCUT2D eigenvalue weighted by Crippen LogP contribution is 2.32. The molecule has 2 atom stereocenters. The van der Waals surface area contributed by atoms with E-state index in [9.17, 15) is 9.90 Å². The lowest BCUT2D eigenvalue weighted by molar-refractivity contribution is -0.149. The average molecular weight is 195 g/mol. The van der Waals surface area contributed by atoms with E-state index in [2.05, 4.69) is 0 Å². The molecule has 1 heterocycles. The van der Waals surface area contributed by atoms with Crippen LogP contribution in [0, 0.1) is 16.7 Å². The molecule has 1 saturated heterocycles. The maximum Gasteiger partial charge on any atom is 0.335 e. The Morgan fingerprint density at radius 2 is 2.36 bits per heavy atom. The summed E-state index contributed by atoms with van der Waals surface area (Å²) in [6.07, 6.45) is 1.97. The van der Waals surface area contributed by atoms with Crippen molar-refractivity contribution >= 4 is 5.97 Å². The first-order chi connectivity index (χ1) is 6.47. The lowest BCUT2D eigenvalue weighted by Gasteiger charge is -2.25. The number of aliphatic hydroxyl groups excluding tert-OH is 1. The molecule has 1 fully saturated rings. The van der Waals surface area contributed by atoms with Crippen molar-refractivity contribution in [3.8, 4) is 6.07 Å². The number of carbonyl (C=O) groups is 1. The van der Waals surface area contributed by atoms with E-state index < -0.39 is 17.5 Å². The van der Waals surface area contributed by atoms with Gasteiger partial charge in [0.2, 0.25) is 0 Å². The van der Waals surface area contributed by atoms with Crippen LogP contribution in [0.15, 0.2) is 12.2 Å². The molecular weight excluding hydrogens is 182 g/mol. The highest BCUT2D eigenvalue weighted by atomic mass is 16.6. The second-order valence-electron chi connectivity index (χ2n) is 3.96. The number of allylic oxidation sites excluding steroid dienone is 1. The molecule has 1 N–H and O–H groups in total. The summed E-state index contributed by atoms with van der Waals surface area (Å²) in [6, 6.07) is 1.89. The number of esters is 1. The SMILES string of the molecule is CC(C)(/C=C/C#N)C1CC(O)C(=O)O1. The van der Waals surface area contributed by atoms with E-state index in [4.69, 9.17) is 10.00 Å². The van der Waals surface area contributed by atoms with Gasteiger partial charge in [-0.2, -0.15) is 5.26 Å². The summed E-state index contributed by atoms with van der Waals surface area (Å²) in [7, 11) is 0. The van der Waals surface area contributed by atoms with Gasteiger partial charge in [-0.05, 0) is 0 Å². The van der Waals surface area contributed by atoms with Gasteiger partial charge in [-0.25, -0.2) is 4.79 Å². The van der Waals surface area contributed by atoms with Crippen molar-refractivity contribution in [3.63, 3.8) is 0 Å². The van der Waals surface area contributed by atoms with E-state index >= 15 is 0 Å². The third kappa shape index (κ3) is 2.12. The quantitative estimate of drug-likeness (QED) is 0.522. The van der Waals surface area contributed by atoms with Crippen LogP contribution in [0.3, 0.4) is 0 Å². The predicted molar refractivity (Wildman–Crippen MR) is 49.0 cm³/mol. The molecule has 0 aromatic heterocycles. The van der Waals surface area contributed by atoms with Crippen LogP contribution >= 0.6 is 0 Å². The Kier molecular flexibility index (Phi) is 2.92. The first kappa shape index (κ1) is 10.7. The molecule has 1 rings (SSSR count). The number of hydrogen-bond donors (Lipinski definition) is 1. The van der Waals surface area contributed by atoms with E-state index in [1.807, 2.05) is 19.9 Å². The average Bonchev–Trinajstić information content (AvgIpc) is 2.45. The molecule has 4 nitrogen and oxygen atoms in total. The van der Waals surface area contributed by atoms with Crippen LogP contribution in [-0.4, -0.2) is 23.3 Å². The molecule has 1 aliphatic heterocycles. The van der Waals surface area contributed by atoms with Crippen LogP contribution in [-0.2, 0) is 9.53 Å². The molecule has 0 amide bonds. The van der Waals surface area contributed by atoms with Gasteiger partial charge in [-0.15, -0.1) is 0 Å². The fourth-order valence-corrected chi connectivity index (χ4v) is 1.38. The van der Waals surface area contributed by atoms with Crippen LogP contribution in [0.25, 0.3) is 0 Å². The Morgan fingerprint density at radius 3 is 2.79 bits per heavy atom. The summed E-state index contributed by atoms with van der Waals surface area (Å²) in [5, 5.41) is 17.6. The highest BCUT2D eigenvalue weighted by Gasteiger charge is 2.40. The Morgan fingerprint density at radius 1 is 1.71 bits per heavy atom. The molecule has 76 valence electrons. The fraction of sp³-hybridized carbons (Fsp3) is 0.600. The smallest absolute Gasteiger partial charge is 0.335 e. The van der Waals surface area contributed by atoms with E-state index in [1.165, 1.54) is 6.08 Å². The second kappa shape index (κ2) is 3.81. The Labute approximate surface area is 82.8 Å². The summed E-state index contributed by atoms with van der Waals surface area (Å²) in [5.41, 5.74) is -0.414. The molecule has 0 aliphatic carbocycles. The van der Waals surface area contributed by atoms with Gasteiger partial charge in [-0.3, -0.25) is 0 Å². The Hall–Kier alpha value is -1.34. The van der Waals surface area contributed by atoms with Gasteiger partial charge in [0.05, 0.1) is 6.07 Å². The standard InChI is InChI=1S/C10H13NO3/c1-10(2,4-3-5-11)8-6-7(12)9(13)14-8/h3-4,7-8,12H,6H2,1-2H3/b4-3+. The lowest BCUT2D eigenvalue weighted by Crippen LogP contribution is -2.27. The van der Waals surface area contributed by atoms with Gasteiger partial charge in [0.25, 0.3) is 0 Å². The van der Waals surface area contributed by atoms with Crippen LogP contribution < -0.4 is 0 Å². The van der Waals surface area contributed by atoms with Crippen LogP contribution in [0.2, 0.25) is 0 Å². The molecule has 2 unspecified atom stereocenters. The first-order valence-corrected chi connectivity index (χ1v) is 4.43. The van der Waals surface area contributed by atoms with Gasteiger partial charge in [-0.1, -0.05) is 19.9 Å². The molecule has 0 radical (unpaired) electrons.